The van der Waals surface area contributed by atoms with E-state index < -0.39 is 11.8 Å². The Bertz CT molecular complexity index is 716. The van der Waals surface area contributed by atoms with Crippen LogP contribution >= 0.6 is 27.5 Å². The maximum atomic E-state index is 13.0. The number of ether oxygens (including phenoxy) is 1. The van der Waals surface area contributed by atoms with E-state index in [0.29, 0.717) is 26.6 Å². The van der Waals surface area contributed by atoms with Crippen LogP contribution in [-0.2, 0) is 4.79 Å². The summed E-state index contributed by atoms with van der Waals surface area (Å²) in [5.74, 6) is -0.659. The van der Waals surface area contributed by atoms with Crippen molar-refractivity contribution in [2.24, 2.45) is 0 Å². The molecule has 108 valence electrons. The molecule has 0 saturated carbocycles. The molecule has 0 amide bonds. The van der Waals surface area contributed by atoms with E-state index in [4.69, 9.17) is 21.4 Å². The zero-order chi connectivity index (χ0) is 15.4. The van der Waals surface area contributed by atoms with Gasteiger partial charge in [-0.25, -0.2) is 9.18 Å². The van der Waals surface area contributed by atoms with Crippen molar-refractivity contribution in [2.45, 2.75) is 0 Å². The summed E-state index contributed by atoms with van der Waals surface area (Å²) in [6.07, 6.45) is 2.36. The van der Waals surface area contributed by atoms with Crippen molar-refractivity contribution < 1.29 is 19.0 Å². The molecular weight excluding hydrogens is 363 g/mol. The Balaban J connectivity index is 2.37. The lowest BCUT2D eigenvalue weighted by molar-refractivity contribution is -0.131. The van der Waals surface area contributed by atoms with Gasteiger partial charge in [0.25, 0.3) is 0 Å². The molecule has 0 unspecified atom stereocenters. The van der Waals surface area contributed by atoms with Gasteiger partial charge in [0.2, 0.25) is 0 Å². The van der Waals surface area contributed by atoms with Gasteiger partial charge in [-0.05, 0) is 58.4 Å². The second-order valence-electron chi connectivity index (χ2n) is 4.03. The predicted molar refractivity (Wildman–Crippen MR) is 82.3 cm³/mol. The molecule has 6 heteroatoms. The number of hydrogen-bond donors (Lipinski definition) is 1. The molecule has 0 bridgehead atoms. The summed E-state index contributed by atoms with van der Waals surface area (Å²) < 4.78 is 19.2. The molecule has 0 aliphatic rings. The van der Waals surface area contributed by atoms with Gasteiger partial charge >= 0.3 is 5.97 Å². The molecular formula is C15H9BrClFO3. The lowest BCUT2D eigenvalue weighted by Gasteiger charge is -2.10. The number of benzene rings is 2. The number of halogens is 3. The summed E-state index contributed by atoms with van der Waals surface area (Å²) in [5.41, 5.74) is 0.501. The first-order valence-corrected chi connectivity index (χ1v) is 6.96. The SMILES string of the molecule is O=C(O)/C=C/c1cc(Cl)ccc1Oc1ccc(F)cc1Br. The second kappa shape index (κ2) is 6.74. The molecule has 0 fully saturated rings. The van der Waals surface area contributed by atoms with Crippen LogP contribution in [0.15, 0.2) is 46.9 Å². The van der Waals surface area contributed by atoms with Gasteiger partial charge in [0, 0.05) is 16.7 Å². The van der Waals surface area contributed by atoms with Crippen LogP contribution in [-0.4, -0.2) is 11.1 Å². The van der Waals surface area contributed by atoms with E-state index in [-0.39, 0.29) is 0 Å². The topological polar surface area (TPSA) is 46.5 Å². The number of carbonyl (C=O) groups is 1. The Morgan fingerprint density at radius 2 is 1.95 bits per heavy atom. The minimum atomic E-state index is -1.08. The van der Waals surface area contributed by atoms with Gasteiger partial charge in [-0.3, -0.25) is 0 Å². The lowest BCUT2D eigenvalue weighted by Crippen LogP contribution is -1.91. The van der Waals surface area contributed by atoms with Gasteiger partial charge in [-0.1, -0.05) is 11.6 Å². The van der Waals surface area contributed by atoms with E-state index in [0.717, 1.165) is 6.08 Å². The highest BCUT2D eigenvalue weighted by Gasteiger charge is 2.08. The molecule has 2 aromatic carbocycles. The molecule has 0 heterocycles. The molecule has 0 aromatic heterocycles. The first-order chi connectivity index (χ1) is 9.95. The Kier molecular flexibility index (Phi) is 4.98. The lowest BCUT2D eigenvalue weighted by atomic mass is 10.2. The first kappa shape index (κ1) is 15.5. The van der Waals surface area contributed by atoms with E-state index in [1.54, 1.807) is 18.2 Å². The monoisotopic (exact) mass is 370 g/mol. The average Bonchev–Trinajstić information content (AvgIpc) is 2.41. The smallest absolute Gasteiger partial charge is 0.328 e. The van der Waals surface area contributed by atoms with Gasteiger partial charge < -0.3 is 9.84 Å². The fourth-order valence-corrected chi connectivity index (χ4v) is 2.19. The number of carboxylic acids is 1. The summed E-state index contributed by atoms with van der Waals surface area (Å²) >= 11 is 9.09. The minimum Gasteiger partial charge on any atom is -0.478 e. The fraction of sp³-hybridized carbons (Fsp3) is 0. The third-order valence-corrected chi connectivity index (χ3v) is 3.35. The van der Waals surface area contributed by atoms with Gasteiger partial charge in [0.15, 0.2) is 0 Å². The van der Waals surface area contributed by atoms with Gasteiger partial charge in [0.1, 0.15) is 17.3 Å². The highest BCUT2D eigenvalue weighted by molar-refractivity contribution is 9.10. The van der Waals surface area contributed by atoms with Crippen LogP contribution in [0.1, 0.15) is 5.56 Å². The van der Waals surface area contributed by atoms with Gasteiger partial charge in [-0.2, -0.15) is 0 Å². The van der Waals surface area contributed by atoms with E-state index in [1.807, 2.05) is 0 Å². The van der Waals surface area contributed by atoms with E-state index in [1.165, 1.54) is 24.3 Å². The van der Waals surface area contributed by atoms with Crippen LogP contribution in [0.2, 0.25) is 5.02 Å². The van der Waals surface area contributed by atoms with Crippen LogP contribution in [0.4, 0.5) is 4.39 Å². The summed E-state index contributed by atoms with van der Waals surface area (Å²) in [5, 5.41) is 9.14. The van der Waals surface area contributed by atoms with Crippen LogP contribution in [0.3, 0.4) is 0 Å². The minimum absolute atomic E-state index is 0.392. The molecule has 3 nitrogen and oxygen atoms in total. The maximum absolute atomic E-state index is 13.0. The van der Waals surface area contributed by atoms with Gasteiger partial charge in [0.05, 0.1) is 4.47 Å². The van der Waals surface area contributed by atoms with Crippen LogP contribution in [0, 0.1) is 5.82 Å². The summed E-state index contributed by atoms with van der Waals surface area (Å²) in [4.78, 5) is 10.6. The largest absolute Gasteiger partial charge is 0.478 e. The van der Waals surface area contributed by atoms with E-state index in [2.05, 4.69) is 15.9 Å². The van der Waals surface area contributed by atoms with Crippen molar-refractivity contribution in [2.75, 3.05) is 0 Å². The third-order valence-electron chi connectivity index (χ3n) is 2.49. The Morgan fingerprint density at radius 1 is 1.24 bits per heavy atom. The number of rotatable bonds is 4. The average molecular weight is 372 g/mol. The molecule has 1 N–H and O–H groups in total. The Hall–Kier alpha value is -1.85. The predicted octanol–water partition coefficient (Wildman–Crippen LogP) is 5.13. The molecule has 0 spiro atoms. The van der Waals surface area contributed by atoms with E-state index >= 15 is 0 Å². The van der Waals surface area contributed by atoms with Crippen molar-refractivity contribution in [3.05, 3.63) is 63.4 Å². The number of carboxylic acid groups (broad SMARTS) is 1. The zero-order valence-corrected chi connectivity index (χ0v) is 12.9. The quantitative estimate of drug-likeness (QED) is 0.758. The summed E-state index contributed by atoms with van der Waals surface area (Å²) in [7, 11) is 0. The van der Waals surface area contributed by atoms with Crippen molar-refractivity contribution in [3.63, 3.8) is 0 Å². The zero-order valence-electron chi connectivity index (χ0n) is 10.5. The Morgan fingerprint density at radius 3 is 2.62 bits per heavy atom. The maximum Gasteiger partial charge on any atom is 0.328 e. The Labute approximate surface area is 133 Å². The van der Waals surface area contributed by atoms with Crippen molar-refractivity contribution in [1.82, 2.24) is 0 Å². The van der Waals surface area contributed by atoms with Crippen molar-refractivity contribution >= 4 is 39.6 Å². The highest BCUT2D eigenvalue weighted by Crippen LogP contribution is 2.33. The molecule has 0 aliphatic carbocycles. The molecule has 2 aromatic rings. The normalized spacial score (nSPS) is 10.8. The number of hydrogen-bond acceptors (Lipinski definition) is 2. The van der Waals surface area contributed by atoms with Gasteiger partial charge in [-0.15, -0.1) is 0 Å². The van der Waals surface area contributed by atoms with Crippen LogP contribution in [0.25, 0.3) is 6.08 Å². The molecule has 0 saturated heterocycles. The standard InChI is InChI=1S/C15H9BrClFO3/c16-12-8-11(18)3-5-14(12)21-13-4-2-10(17)7-9(13)1-6-15(19)20/h1-8H,(H,19,20)/b6-1+. The molecule has 2 rings (SSSR count). The highest BCUT2D eigenvalue weighted by atomic mass is 79.9. The molecule has 21 heavy (non-hydrogen) atoms. The second-order valence-corrected chi connectivity index (χ2v) is 5.32. The first-order valence-electron chi connectivity index (χ1n) is 5.79. The summed E-state index contributed by atoms with van der Waals surface area (Å²) in [6, 6.07) is 8.82. The molecule has 0 atom stereocenters. The molecule has 0 radical (unpaired) electrons. The summed E-state index contributed by atoms with van der Waals surface area (Å²) in [6.45, 7) is 0. The van der Waals surface area contributed by atoms with Crippen LogP contribution < -0.4 is 4.74 Å². The molecule has 0 aliphatic heterocycles. The van der Waals surface area contributed by atoms with Crippen LogP contribution in [0.5, 0.6) is 11.5 Å². The van der Waals surface area contributed by atoms with Crippen molar-refractivity contribution in [3.8, 4) is 11.5 Å². The number of aliphatic carboxylic acids is 1. The van der Waals surface area contributed by atoms with E-state index in [9.17, 15) is 9.18 Å². The fourth-order valence-electron chi connectivity index (χ4n) is 1.58. The third kappa shape index (κ3) is 4.31. The van der Waals surface area contributed by atoms with Crippen molar-refractivity contribution in [1.29, 1.82) is 0 Å².